The average Bonchev–Trinajstić information content (AvgIpc) is 2.85. The van der Waals surface area contributed by atoms with E-state index >= 15 is 0 Å². The van der Waals surface area contributed by atoms with Crippen molar-refractivity contribution in [3.63, 3.8) is 0 Å². The Hall–Kier alpha value is -0.220. The molecule has 2 heterocycles. The number of ether oxygens (including phenoxy) is 2. The van der Waals surface area contributed by atoms with Gasteiger partial charge in [-0.2, -0.15) is 11.8 Å². The predicted molar refractivity (Wildman–Crippen MR) is 64.6 cm³/mol. The van der Waals surface area contributed by atoms with Crippen LogP contribution < -0.4 is 0 Å². The topological polar surface area (TPSA) is 38.8 Å². The van der Waals surface area contributed by atoms with Crippen LogP contribution in [0.1, 0.15) is 33.1 Å². The molecule has 0 aromatic heterocycles. The van der Waals surface area contributed by atoms with Crippen LogP contribution in [0.4, 0.5) is 0 Å². The van der Waals surface area contributed by atoms with Gasteiger partial charge in [-0.3, -0.25) is 0 Å². The third-order valence-electron chi connectivity index (χ3n) is 3.58. The smallest absolute Gasteiger partial charge is 0.341 e. The van der Waals surface area contributed by atoms with Gasteiger partial charge in [0.2, 0.25) is 0 Å². The van der Waals surface area contributed by atoms with Crippen molar-refractivity contribution in [3.05, 3.63) is 0 Å². The Kier molecular flexibility index (Phi) is 3.23. The summed E-state index contributed by atoms with van der Waals surface area (Å²) in [5.74, 6) is 2.47. The van der Waals surface area contributed by atoms with Crippen LogP contribution in [-0.4, -0.2) is 35.8 Å². The number of rotatable bonds is 3. The number of carbonyl (C=O) groups is 1. The molecule has 0 saturated carbocycles. The summed E-state index contributed by atoms with van der Waals surface area (Å²) in [5.41, 5.74) is -0.827. The number of epoxide rings is 1. The highest BCUT2D eigenvalue weighted by Crippen LogP contribution is 2.59. The van der Waals surface area contributed by atoms with Crippen LogP contribution in [0.25, 0.3) is 0 Å². The molecule has 2 fully saturated rings. The summed E-state index contributed by atoms with van der Waals surface area (Å²) in [6, 6.07) is 0. The molecule has 0 radical (unpaired) electrons. The third kappa shape index (κ3) is 1.76. The fraction of sp³-hybridized carbons (Fsp3) is 0.917. The summed E-state index contributed by atoms with van der Waals surface area (Å²) in [7, 11) is 1.46. The maximum atomic E-state index is 12.0. The molecule has 1 atom stereocenters. The SMILES string of the molecule is COC(=O)C1(CC(C)C)OC12CCSCC2. The van der Waals surface area contributed by atoms with Crippen LogP contribution in [0.2, 0.25) is 0 Å². The Balaban J connectivity index is 2.15. The van der Waals surface area contributed by atoms with Gasteiger partial charge >= 0.3 is 5.97 Å². The Bertz CT molecular complexity index is 284. The molecule has 0 aromatic carbocycles. The molecular formula is C12H20O3S. The van der Waals surface area contributed by atoms with Crippen LogP contribution in [0.5, 0.6) is 0 Å². The van der Waals surface area contributed by atoms with E-state index in [0.29, 0.717) is 5.92 Å². The molecule has 3 nitrogen and oxygen atoms in total. The van der Waals surface area contributed by atoms with E-state index in [2.05, 4.69) is 13.8 Å². The lowest BCUT2D eigenvalue weighted by atomic mass is 9.82. The first-order valence-electron chi connectivity index (χ1n) is 5.93. The number of methoxy groups -OCH3 is 1. The molecule has 92 valence electrons. The molecule has 0 N–H and O–H groups in total. The Morgan fingerprint density at radius 3 is 2.56 bits per heavy atom. The zero-order chi connectivity index (χ0) is 11.8. The summed E-state index contributed by atoms with van der Waals surface area (Å²) < 4.78 is 10.8. The second-order valence-corrected chi connectivity index (χ2v) is 6.35. The highest BCUT2D eigenvalue weighted by molar-refractivity contribution is 7.99. The standard InChI is InChI=1S/C12H20O3S/c1-9(2)8-12(10(13)14-3)11(15-12)4-6-16-7-5-11/h9H,4-8H2,1-3H3. The minimum atomic E-state index is -0.628. The molecule has 2 aliphatic heterocycles. The monoisotopic (exact) mass is 244 g/mol. The van der Waals surface area contributed by atoms with Crippen LogP contribution in [0, 0.1) is 5.92 Å². The first-order chi connectivity index (χ1) is 7.56. The minimum absolute atomic E-state index is 0.173. The lowest BCUT2D eigenvalue weighted by Crippen LogP contribution is -2.38. The quantitative estimate of drug-likeness (QED) is 0.564. The first-order valence-corrected chi connectivity index (χ1v) is 7.08. The van der Waals surface area contributed by atoms with Crippen molar-refractivity contribution in [2.24, 2.45) is 5.92 Å². The summed E-state index contributed by atoms with van der Waals surface area (Å²) in [4.78, 5) is 12.0. The third-order valence-corrected chi connectivity index (χ3v) is 4.56. The van der Waals surface area contributed by atoms with E-state index in [0.717, 1.165) is 30.8 Å². The van der Waals surface area contributed by atoms with Crippen molar-refractivity contribution >= 4 is 17.7 Å². The molecule has 16 heavy (non-hydrogen) atoms. The molecule has 1 unspecified atom stereocenters. The molecule has 0 bridgehead atoms. The van der Waals surface area contributed by atoms with E-state index in [1.807, 2.05) is 11.8 Å². The van der Waals surface area contributed by atoms with Crippen molar-refractivity contribution < 1.29 is 14.3 Å². The zero-order valence-corrected chi connectivity index (χ0v) is 11.1. The fourth-order valence-electron chi connectivity index (χ4n) is 2.79. The van der Waals surface area contributed by atoms with Gasteiger partial charge in [0.05, 0.1) is 7.11 Å². The molecule has 4 heteroatoms. The van der Waals surface area contributed by atoms with E-state index < -0.39 is 5.60 Å². The van der Waals surface area contributed by atoms with Gasteiger partial charge in [0.1, 0.15) is 5.60 Å². The fourth-order valence-corrected chi connectivity index (χ4v) is 3.95. The predicted octanol–water partition coefficient (Wildman–Crippen LogP) is 2.24. The number of thioether (sulfide) groups is 1. The van der Waals surface area contributed by atoms with E-state index in [1.54, 1.807) is 0 Å². The molecule has 0 aromatic rings. The Labute approximate surface area is 101 Å². The second kappa shape index (κ2) is 4.22. The highest BCUT2D eigenvalue weighted by Gasteiger charge is 2.74. The van der Waals surface area contributed by atoms with Crippen LogP contribution in [0.3, 0.4) is 0 Å². The van der Waals surface area contributed by atoms with Crippen molar-refractivity contribution in [2.75, 3.05) is 18.6 Å². The largest absolute Gasteiger partial charge is 0.467 e. The molecular weight excluding hydrogens is 224 g/mol. The molecule has 2 saturated heterocycles. The summed E-state index contributed by atoms with van der Waals surface area (Å²) in [6.45, 7) is 4.25. The molecule has 0 amide bonds. The van der Waals surface area contributed by atoms with E-state index in [4.69, 9.17) is 9.47 Å². The zero-order valence-electron chi connectivity index (χ0n) is 10.2. The minimum Gasteiger partial charge on any atom is -0.467 e. The highest BCUT2D eigenvalue weighted by atomic mass is 32.2. The van der Waals surface area contributed by atoms with Gasteiger partial charge in [0.15, 0.2) is 5.60 Å². The molecule has 2 rings (SSSR count). The lowest BCUT2D eigenvalue weighted by molar-refractivity contribution is -0.147. The number of esters is 1. The van der Waals surface area contributed by atoms with Crippen LogP contribution in [-0.2, 0) is 14.3 Å². The maximum Gasteiger partial charge on any atom is 0.341 e. The Morgan fingerprint density at radius 1 is 1.44 bits per heavy atom. The van der Waals surface area contributed by atoms with Gasteiger partial charge in [0.25, 0.3) is 0 Å². The van der Waals surface area contributed by atoms with Gasteiger partial charge in [-0.05, 0) is 36.7 Å². The van der Waals surface area contributed by atoms with Gasteiger partial charge in [0, 0.05) is 0 Å². The van der Waals surface area contributed by atoms with Gasteiger partial charge in [-0.25, -0.2) is 4.79 Å². The van der Waals surface area contributed by atoms with Crippen molar-refractivity contribution in [1.29, 1.82) is 0 Å². The summed E-state index contributed by atoms with van der Waals surface area (Å²) in [5, 5.41) is 0. The number of hydrogen-bond acceptors (Lipinski definition) is 4. The van der Waals surface area contributed by atoms with Gasteiger partial charge in [-0.1, -0.05) is 13.8 Å². The Morgan fingerprint density at radius 2 is 2.06 bits per heavy atom. The summed E-state index contributed by atoms with van der Waals surface area (Å²) >= 11 is 1.94. The second-order valence-electron chi connectivity index (χ2n) is 5.13. The van der Waals surface area contributed by atoms with E-state index in [-0.39, 0.29) is 11.6 Å². The van der Waals surface area contributed by atoms with Crippen LogP contribution >= 0.6 is 11.8 Å². The first kappa shape index (κ1) is 12.2. The van der Waals surface area contributed by atoms with E-state index in [1.165, 1.54) is 7.11 Å². The van der Waals surface area contributed by atoms with Gasteiger partial charge < -0.3 is 9.47 Å². The van der Waals surface area contributed by atoms with E-state index in [9.17, 15) is 4.79 Å². The van der Waals surface area contributed by atoms with Crippen molar-refractivity contribution in [2.45, 2.75) is 44.3 Å². The normalized spacial score (nSPS) is 31.8. The van der Waals surface area contributed by atoms with Crippen molar-refractivity contribution in [3.8, 4) is 0 Å². The molecule has 1 spiro atoms. The summed E-state index contributed by atoms with van der Waals surface area (Å²) in [6.07, 6.45) is 2.75. The molecule has 0 aliphatic carbocycles. The number of carbonyl (C=O) groups excluding carboxylic acids is 1. The average molecular weight is 244 g/mol. The van der Waals surface area contributed by atoms with Crippen molar-refractivity contribution in [1.82, 2.24) is 0 Å². The lowest BCUT2D eigenvalue weighted by Gasteiger charge is -2.23. The number of hydrogen-bond donors (Lipinski definition) is 0. The van der Waals surface area contributed by atoms with Crippen LogP contribution in [0.15, 0.2) is 0 Å². The molecule has 2 aliphatic rings. The maximum absolute atomic E-state index is 12.0. The van der Waals surface area contributed by atoms with Gasteiger partial charge in [-0.15, -0.1) is 0 Å².